The molecule has 1 atom stereocenters. The van der Waals surface area contributed by atoms with Gasteiger partial charge in [0.15, 0.2) is 0 Å². The van der Waals surface area contributed by atoms with Gasteiger partial charge in [-0.3, -0.25) is 9.78 Å². The minimum atomic E-state index is -0.259. The van der Waals surface area contributed by atoms with E-state index < -0.39 is 0 Å². The summed E-state index contributed by atoms with van der Waals surface area (Å²) >= 11 is 0. The van der Waals surface area contributed by atoms with E-state index in [-0.39, 0.29) is 11.9 Å². The molecule has 26 heavy (non-hydrogen) atoms. The lowest BCUT2D eigenvalue weighted by Crippen LogP contribution is -2.34. The van der Waals surface area contributed by atoms with Crippen LogP contribution in [0.25, 0.3) is 11.4 Å². The molecule has 0 radical (unpaired) electrons. The van der Waals surface area contributed by atoms with Crippen molar-refractivity contribution in [3.05, 3.63) is 72.3 Å². The zero-order valence-corrected chi connectivity index (χ0v) is 15.2. The van der Waals surface area contributed by atoms with E-state index in [0.29, 0.717) is 12.2 Å². The Kier molecular flexibility index (Phi) is 5.43. The number of hydrogen-bond donors (Lipinski definition) is 0. The smallest absolute Gasteiger partial charge is 0.254 e. The van der Waals surface area contributed by atoms with Gasteiger partial charge < -0.3 is 14.2 Å². The standard InChI is InChI=1S/C20H22N4O2/c1-23-12-11-22-19(23)15-7-6-8-16(13-15)20(25)24(2)18(14-26-3)17-9-4-5-10-21-17/h4-13,18H,14H2,1-3H3. The lowest BCUT2D eigenvalue weighted by Gasteiger charge is -2.27. The van der Waals surface area contributed by atoms with Crippen LogP contribution in [0.1, 0.15) is 22.1 Å². The summed E-state index contributed by atoms with van der Waals surface area (Å²) in [6.07, 6.45) is 5.34. The van der Waals surface area contributed by atoms with Gasteiger partial charge in [-0.05, 0) is 24.3 Å². The highest BCUT2D eigenvalue weighted by atomic mass is 16.5. The highest BCUT2D eigenvalue weighted by Crippen LogP contribution is 2.23. The molecule has 0 aliphatic heterocycles. The molecule has 0 saturated carbocycles. The van der Waals surface area contributed by atoms with Crippen molar-refractivity contribution in [3.8, 4) is 11.4 Å². The summed E-state index contributed by atoms with van der Waals surface area (Å²) in [5, 5.41) is 0. The van der Waals surface area contributed by atoms with Crippen LogP contribution in [0.3, 0.4) is 0 Å². The number of pyridine rings is 1. The van der Waals surface area contributed by atoms with Crippen LogP contribution in [0.4, 0.5) is 0 Å². The summed E-state index contributed by atoms with van der Waals surface area (Å²) in [6, 6.07) is 12.9. The van der Waals surface area contributed by atoms with Gasteiger partial charge in [-0.2, -0.15) is 0 Å². The van der Waals surface area contributed by atoms with Gasteiger partial charge in [-0.25, -0.2) is 4.98 Å². The SMILES string of the molecule is COCC(c1ccccn1)N(C)C(=O)c1cccc(-c2nccn2C)c1. The predicted octanol–water partition coefficient (Wildman–Crippen LogP) is 2.94. The normalized spacial score (nSPS) is 12.0. The fourth-order valence-electron chi connectivity index (χ4n) is 2.91. The highest BCUT2D eigenvalue weighted by Gasteiger charge is 2.24. The van der Waals surface area contributed by atoms with Crippen LogP contribution in [-0.4, -0.2) is 46.1 Å². The first kappa shape index (κ1) is 17.8. The van der Waals surface area contributed by atoms with Gasteiger partial charge in [-0.15, -0.1) is 0 Å². The van der Waals surface area contributed by atoms with Gasteiger partial charge in [0, 0.05) is 50.9 Å². The number of aromatic nitrogens is 3. The van der Waals surface area contributed by atoms with Gasteiger partial charge >= 0.3 is 0 Å². The molecule has 3 aromatic rings. The Hall–Kier alpha value is -2.99. The molecule has 0 N–H and O–H groups in total. The molecule has 2 aromatic heterocycles. The van der Waals surface area contributed by atoms with Crippen LogP contribution in [0.15, 0.2) is 61.1 Å². The van der Waals surface area contributed by atoms with Crippen LogP contribution >= 0.6 is 0 Å². The second kappa shape index (κ2) is 7.93. The van der Waals surface area contributed by atoms with Crippen LogP contribution in [0, 0.1) is 0 Å². The Balaban J connectivity index is 1.89. The molecule has 1 amide bonds. The van der Waals surface area contributed by atoms with Crippen molar-refractivity contribution in [2.75, 3.05) is 20.8 Å². The van der Waals surface area contributed by atoms with Crippen molar-refractivity contribution in [3.63, 3.8) is 0 Å². The molecule has 6 heteroatoms. The number of rotatable bonds is 6. The number of likely N-dealkylation sites (N-methyl/N-ethyl adjacent to an activating group) is 1. The average molecular weight is 350 g/mol. The van der Waals surface area contributed by atoms with Crippen molar-refractivity contribution in [2.45, 2.75) is 6.04 Å². The third-order valence-corrected chi connectivity index (χ3v) is 4.33. The van der Waals surface area contributed by atoms with E-state index in [4.69, 9.17) is 4.74 Å². The number of carbonyl (C=O) groups is 1. The molecule has 0 spiro atoms. The first-order valence-electron chi connectivity index (χ1n) is 8.36. The highest BCUT2D eigenvalue weighted by molar-refractivity contribution is 5.95. The summed E-state index contributed by atoms with van der Waals surface area (Å²) < 4.78 is 7.24. The molecule has 0 fully saturated rings. The third-order valence-electron chi connectivity index (χ3n) is 4.33. The lowest BCUT2D eigenvalue weighted by molar-refractivity contribution is 0.0595. The maximum absolute atomic E-state index is 13.1. The molecule has 134 valence electrons. The van der Waals surface area contributed by atoms with E-state index in [2.05, 4.69) is 9.97 Å². The van der Waals surface area contributed by atoms with Gasteiger partial charge in [-0.1, -0.05) is 18.2 Å². The van der Waals surface area contributed by atoms with Crippen LogP contribution in [-0.2, 0) is 11.8 Å². The molecule has 3 rings (SSSR count). The Morgan fingerprint density at radius 1 is 1.19 bits per heavy atom. The van der Waals surface area contributed by atoms with Crippen molar-refractivity contribution in [2.24, 2.45) is 7.05 Å². The van der Waals surface area contributed by atoms with Gasteiger partial charge in [0.25, 0.3) is 5.91 Å². The lowest BCUT2D eigenvalue weighted by atomic mass is 10.1. The summed E-state index contributed by atoms with van der Waals surface area (Å²) in [7, 11) is 5.32. The van der Waals surface area contributed by atoms with E-state index in [9.17, 15) is 4.79 Å². The van der Waals surface area contributed by atoms with Gasteiger partial charge in [0.1, 0.15) is 5.82 Å². The van der Waals surface area contributed by atoms with Crippen molar-refractivity contribution < 1.29 is 9.53 Å². The molecule has 0 bridgehead atoms. The molecular weight excluding hydrogens is 328 g/mol. The summed E-state index contributed by atoms with van der Waals surface area (Å²) in [5.41, 5.74) is 2.30. The largest absolute Gasteiger partial charge is 0.382 e. The zero-order chi connectivity index (χ0) is 18.5. The molecule has 6 nitrogen and oxygen atoms in total. The molecule has 0 aliphatic rings. The number of amides is 1. The maximum Gasteiger partial charge on any atom is 0.254 e. The molecule has 0 saturated heterocycles. The van der Waals surface area contributed by atoms with Crippen molar-refractivity contribution in [1.82, 2.24) is 19.4 Å². The topological polar surface area (TPSA) is 60.2 Å². The molecule has 1 aromatic carbocycles. The third kappa shape index (κ3) is 3.65. The Labute approximate surface area is 153 Å². The van der Waals surface area contributed by atoms with Crippen LogP contribution in [0.5, 0.6) is 0 Å². The Bertz CT molecular complexity index is 876. The monoisotopic (exact) mass is 350 g/mol. The number of hydrogen-bond acceptors (Lipinski definition) is 4. The zero-order valence-electron chi connectivity index (χ0n) is 15.2. The van der Waals surface area contributed by atoms with Crippen molar-refractivity contribution in [1.29, 1.82) is 0 Å². The number of methoxy groups -OCH3 is 1. The number of nitrogens with zero attached hydrogens (tertiary/aromatic N) is 4. The summed E-state index contributed by atoms with van der Waals surface area (Å²) in [6.45, 7) is 0.373. The first-order valence-corrected chi connectivity index (χ1v) is 8.36. The minimum Gasteiger partial charge on any atom is -0.382 e. The van der Waals surface area contributed by atoms with Gasteiger partial charge in [0.05, 0.1) is 18.3 Å². The van der Waals surface area contributed by atoms with Gasteiger partial charge in [0.2, 0.25) is 0 Å². The Morgan fingerprint density at radius 3 is 2.69 bits per heavy atom. The number of aryl methyl sites for hydroxylation is 1. The van der Waals surface area contributed by atoms with E-state index in [0.717, 1.165) is 17.1 Å². The number of ether oxygens (including phenoxy) is 1. The predicted molar refractivity (Wildman–Crippen MR) is 99.6 cm³/mol. The van der Waals surface area contributed by atoms with E-state index in [1.54, 1.807) is 31.5 Å². The van der Waals surface area contributed by atoms with Crippen LogP contribution in [0.2, 0.25) is 0 Å². The summed E-state index contributed by atoms with van der Waals surface area (Å²) in [4.78, 5) is 23.5. The average Bonchev–Trinajstić information content (AvgIpc) is 3.11. The quantitative estimate of drug-likeness (QED) is 0.686. The molecular formula is C20H22N4O2. The minimum absolute atomic E-state index is 0.0891. The second-order valence-corrected chi connectivity index (χ2v) is 6.08. The maximum atomic E-state index is 13.1. The second-order valence-electron chi connectivity index (χ2n) is 6.08. The number of carbonyl (C=O) groups excluding carboxylic acids is 1. The molecule has 1 unspecified atom stereocenters. The number of benzene rings is 1. The Morgan fingerprint density at radius 2 is 2.04 bits per heavy atom. The fourth-order valence-corrected chi connectivity index (χ4v) is 2.91. The van der Waals surface area contributed by atoms with E-state index >= 15 is 0 Å². The van der Waals surface area contributed by atoms with E-state index in [1.807, 2.05) is 60.3 Å². The van der Waals surface area contributed by atoms with E-state index in [1.165, 1.54) is 0 Å². The first-order chi connectivity index (χ1) is 12.6. The number of imidazole rings is 1. The van der Waals surface area contributed by atoms with Crippen molar-refractivity contribution >= 4 is 5.91 Å². The fraction of sp³-hybridized carbons (Fsp3) is 0.250. The molecule has 0 aliphatic carbocycles. The van der Waals surface area contributed by atoms with Crippen LogP contribution < -0.4 is 0 Å². The molecule has 2 heterocycles. The summed E-state index contributed by atoms with van der Waals surface area (Å²) in [5.74, 6) is 0.731.